The lowest BCUT2D eigenvalue weighted by Gasteiger charge is -2.10. The number of aromatic nitrogens is 2. The average Bonchev–Trinajstić information content (AvgIpc) is 3.06. The lowest BCUT2D eigenvalue weighted by Crippen LogP contribution is -2.18. The molecule has 0 fully saturated rings. The number of hydrogen-bond donors (Lipinski definition) is 1. The third-order valence-electron chi connectivity index (χ3n) is 3.73. The summed E-state index contributed by atoms with van der Waals surface area (Å²) in [6, 6.07) is 14.7. The number of thioether (sulfide) groups is 1. The van der Waals surface area contributed by atoms with Gasteiger partial charge in [0, 0.05) is 26.9 Å². The van der Waals surface area contributed by atoms with Crippen LogP contribution < -0.4 is 5.32 Å². The van der Waals surface area contributed by atoms with Gasteiger partial charge >= 0.3 is 0 Å². The second-order valence-electron chi connectivity index (χ2n) is 5.78. The largest absolute Gasteiger partial charge is 0.310 e. The van der Waals surface area contributed by atoms with E-state index in [-0.39, 0.29) is 5.91 Å². The van der Waals surface area contributed by atoms with Crippen LogP contribution in [0.3, 0.4) is 0 Å². The van der Waals surface area contributed by atoms with Gasteiger partial charge in [0.2, 0.25) is 5.91 Å². The highest BCUT2D eigenvalue weighted by Gasteiger charge is 2.10. The molecule has 0 unspecified atom stereocenters. The molecule has 3 rings (SSSR count). The molecule has 3 aromatic rings. The minimum Gasteiger partial charge on any atom is -0.310 e. The van der Waals surface area contributed by atoms with Crippen LogP contribution >= 0.6 is 46.6 Å². The standard InChI is InChI=1S/C19H16Cl3N3OS/c20-15-4-1-13(2-5-15)11-27-12-19(26)24-18-7-8-23-25(18)10-14-3-6-16(21)9-17(14)22/h1-9H,10-12H2,(H,24,26). The summed E-state index contributed by atoms with van der Waals surface area (Å²) in [5.74, 6) is 1.62. The molecule has 1 aromatic heterocycles. The first-order valence-electron chi connectivity index (χ1n) is 8.09. The summed E-state index contributed by atoms with van der Waals surface area (Å²) in [6.45, 7) is 0.441. The van der Waals surface area contributed by atoms with Crippen molar-refractivity contribution in [1.82, 2.24) is 9.78 Å². The Bertz CT molecular complexity index is 928. The third kappa shape index (κ3) is 5.91. The summed E-state index contributed by atoms with van der Waals surface area (Å²) in [6.07, 6.45) is 1.64. The lowest BCUT2D eigenvalue weighted by molar-refractivity contribution is -0.113. The molecule has 1 amide bonds. The summed E-state index contributed by atoms with van der Waals surface area (Å²) >= 11 is 19.6. The number of anilines is 1. The van der Waals surface area contributed by atoms with Crippen LogP contribution in [0.4, 0.5) is 5.82 Å². The molecular formula is C19H16Cl3N3OS. The monoisotopic (exact) mass is 439 g/mol. The zero-order chi connectivity index (χ0) is 19.2. The van der Waals surface area contributed by atoms with Crippen LogP contribution in [0, 0.1) is 0 Å². The maximum absolute atomic E-state index is 12.2. The number of carbonyl (C=O) groups excluding carboxylic acids is 1. The van der Waals surface area contributed by atoms with Gasteiger partial charge in [-0.05, 0) is 35.4 Å². The molecule has 2 aromatic carbocycles. The highest BCUT2D eigenvalue weighted by molar-refractivity contribution is 7.99. The van der Waals surface area contributed by atoms with Gasteiger partial charge in [-0.1, -0.05) is 53.0 Å². The van der Waals surface area contributed by atoms with E-state index in [0.29, 0.717) is 33.2 Å². The minimum atomic E-state index is -0.0853. The lowest BCUT2D eigenvalue weighted by atomic mass is 10.2. The molecule has 0 aliphatic carbocycles. The molecule has 140 valence electrons. The highest BCUT2D eigenvalue weighted by Crippen LogP contribution is 2.23. The highest BCUT2D eigenvalue weighted by atomic mass is 35.5. The van der Waals surface area contributed by atoms with Crippen molar-refractivity contribution in [2.45, 2.75) is 12.3 Å². The molecule has 0 atom stereocenters. The summed E-state index contributed by atoms with van der Waals surface area (Å²) in [5.41, 5.74) is 2.00. The van der Waals surface area contributed by atoms with Crippen LogP contribution in [0.5, 0.6) is 0 Å². The topological polar surface area (TPSA) is 46.9 Å². The maximum atomic E-state index is 12.2. The number of amides is 1. The fraction of sp³-hybridized carbons (Fsp3) is 0.158. The molecule has 0 aliphatic heterocycles. The van der Waals surface area contributed by atoms with Crippen molar-refractivity contribution in [2.24, 2.45) is 0 Å². The van der Waals surface area contributed by atoms with Crippen LogP contribution in [-0.2, 0) is 17.1 Å². The Labute approximate surface area is 176 Å². The molecule has 1 heterocycles. The van der Waals surface area contributed by atoms with E-state index in [0.717, 1.165) is 16.9 Å². The SMILES string of the molecule is O=C(CSCc1ccc(Cl)cc1)Nc1ccnn1Cc1ccc(Cl)cc1Cl. The smallest absolute Gasteiger partial charge is 0.235 e. The van der Waals surface area contributed by atoms with Crippen molar-refractivity contribution in [3.63, 3.8) is 0 Å². The fourth-order valence-corrected chi connectivity index (χ4v) is 3.78. The Balaban J connectivity index is 1.54. The average molecular weight is 441 g/mol. The Morgan fingerprint density at radius 3 is 2.52 bits per heavy atom. The summed E-state index contributed by atoms with van der Waals surface area (Å²) in [5, 5.41) is 8.99. The number of carbonyl (C=O) groups is 1. The number of rotatable bonds is 7. The molecule has 8 heteroatoms. The predicted octanol–water partition coefficient (Wildman–Crippen LogP) is 5.76. The van der Waals surface area contributed by atoms with Gasteiger partial charge < -0.3 is 5.32 Å². The number of benzene rings is 2. The van der Waals surface area contributed by atoms with E-state index in [9.17, 15) is 4.79 Å². The molecule has 0 bridgehead atoms. The number of hydrogen-bond acceptors (Lipinski definition) is 3. The Morgan fingerprint density at radius 2 is 1.78 bits per heavy atom. The number of halogens is 3. The molecule has 27 heavy (non-hydrogen) atoms. The first kappa shape index (κ1) is 20.1. The second kappa shape index (κ2) is 9.51. The van der Waals surface area contributed by atoms with Crippen molar-refractivity contribution in [3.8, 4) is 0 Å². The van der Waals surface area contributed by atoms with Crippen molar-refractivity contribution in [2.75, 3.05) is 11.1 Å². The van der Waals surface area contributed by atoms with E-state index in [4.69, 9.17) is 34.8 Å². The van der Waals surface area contributed by atoms with Crippen molar-refractivity contribution >= 4 is 58.3 Å². The normalized spacial score (nSPS) is 10.8. The van der Waals surface area contributed by atoms with Crippen molar-refractivity contribution in [3.05, 3.63) is 80.9 Å². The van der Waals surface area contributed by atoms with Crippen LogP contribution in [-0.4, -0.2) is 21.4 Å². The van der Waals surface area contributed by atoms with Gasteiger partial charge in [0.15, 0.2) is 0 Å². The Kier molecular flexibility index (Phi) is 7.07. The van der Waals surface area contributed by atoms with Crippen LogP contribution in [0.25, 0.3) is 0 Å². The van der Waals surface area contributed by atoms with Gasteiger partial charge in [0.25, 0.3) is 0 Å². The van der Waals surface area contributed by atoms with E-state index in [1.54, 1.807) is 29.1 Å². The van der Waals surface area contributed by atoms with E-state index in [1.165, 1.54) is 11.8 Å². The molecular weight excluding hydrogens is 425 g/mol. The fourth-order valence-electron chi connectivity index (χ4n) is 2.40. The van der Waals surface area contributed by atoms with Crippen LogP contribution in [0.1, 0.15) is 11.1 Å². The molecule has 0 spiro atoms. The summed E-state index contributed by atoms with van der Waals surface area (Å²) < 4.78 is 1.69. The molecule has 0 radical (unpaired) electrons. The van der Waals surface area contributed by atoms with Crippen molar-refractivity contribution < 1.29 is 4.79 Å². The van der Waals surface area contributed by atoms with E-state index in [1.807, 2.05) is 30.3 Å². The Hall–Kier alpha value is -1.66. The van der Waals surface area contributed by atoms with Crippen molar-refractivity contribution in [1.29, 1.82) is 0 Å². The number of nitrogens with one attached hydrogen (secondary N) is 1. The van der Waals surface area contributed by atoms with Gasteiger partial charge in [-0.15, -0.1) is 11.8 Å². The second-order valence-corrected chi connectivity index (χ2v) is 8.04. The number of nitrogens with zero attached hydrogens (tertiary/aromatic N) is 2. The van der Waals surface area contributed by atoms with Crippen LogP contribution in [0.2, 0.25) is 15.1 Å². The zero-order valence-corrected chi connectivity index (χ0v) is 17.2. The summed E-state index contributed by atoms with van der Waals surface area (Å²) in [4.78, 5) is 12.2. The maximum Gasteiger partial charge on any atom is 0.235 e. The molecule has 0 saturated heterocycles. The predicted molar refractivity (Wildman–Crippen MR) is 114 cm³/mol. The third-order valence-corrected chi connectivity index (χ3v) is 5.58. The molecule has 4 nitrogen and oxygen atoms in total. The van der Waals surface area contributed by atoms with Gasteiger partial charge in [-0.25, -0.2) is 4.68 Å². The first-order chi connectivity index (χ1) is 13.0. The first-order valence-corrected chi connectivity index (χ1v) is 10.4. The summed E-state index contributed by atoms with van der Waals surface area (Å²) in [7, 11) is 0. The minimum absolute atomic E-state index is 0.0853. The quantitative estimate of drug-likeness (QED) is 0.508. The van der Waals surface area contributed by atoms with Gasteiger partial charge in [-0.3, -0.25) is 4.79 Å². The Morgan fingerprint density at radius 1 is 1.04 bits per heavy atom. The van der Waals surface area contributed by atoms with E-state index < -0.39 is 0 Å². The van der Waals surface area contributed by atoms with E-state index >= 15 is 0 Å². The van der Waals surface area contributed by atoms with Gasteiger partial charge in [-0.2, -0.15) is 5.10 Å². The van der Waals surface area contributed by atoms with Crippen LogP contribution in [0.15, 0.2) is 54.7 Å². The zero-order valence-electron chi connectivity index (χ0n) is 14.2. The van der Waals surface area contributed by atoms with Gasteiger partial charge in [0.1, 0.15) is 5.82 Å². The molecule has 0 aliphatic rings. The van der Waals surface area contributed by atoms with E-state index in [2.05, 4.69) is 10.4 Å². The molecule has 0 saturated carbocycles. The van der Waals surface area contributed by atoms with Gasteiger partial charge in [0.05, 0.1) is 18.5 Å². The molecule has 1 N–H and O–H groups in total.